The van der Waals surface area contributed by atoms with Crippen LogP contribution in [-0.4, -0.2) is 57.5 Å². The van der Waals surface area contributed by atoms with Crippen molar-refractivity contribution in [3.05, 3.63) is 16.8 Å². The molecule has 2 heterocycles. The topological polar surface area (TPSA) is 84.8 Å². The van der Waals surface area contributed by atoms with Crippen molar-refractivity contribution in [2.75, 3.05) is 13.7 Å². The molecular formula is C22H31N3O4S. The maximum Gasteiger partial charge on any atom is 0.410 e. The first kappa shape index (κ1) is 21.3. The van der Waals surface area contributed by atoms with Gasteiger partial charge in [-0.25, -0.2) is 14.8 Å². The van der Waals surface area contributed by atoms with E-state index in [0.717, 1.165) is 48.7 Å². The van der Waals surface area contributed by atoms with Gasteiger partial charge in [-0.05, 0) is 64.9 Å². The number of aryl methyl sites for hydroxylation is 1. The van der Waals surface area contributed by atoms with Crippen molar-refractivity contribution in [2.45, 2.75) is 83.0 Å². The summed E-state index contributed by atoms with van der Waals surface area (Å²) in [4.78, 5) is 25.2. The van der Waals surface area contributed by atoms with E-state index in [-0.39, 0.29) is 30.8 Å². The number of ether oxygens (including phenoxy) is 2. The van der Waals surface area contributed by atoms with Crippen molar-refractivity contribution < 1.29 is 19.4 Å². The summed E-state index contributed by atoms with van der Waals surface area (Å²) < 4.78 is 11.9. The van der Waals surface area contributed by atoms with Crippen LogP contribution in [0.1, 0.15) is 69.2 Å². The van der Waals surface area contributed by atoms with Crippen LogP contribution >= 0.6 is 11.3 Å². The molecule has 0 aromatic carbocycles. The lowest BCUT2D eigenvalue weighted by molar-refractivity contribution is 0.0137. The molecule has 2 aromatic heterocycles. The lowest BCUT2D eigenvalue weighted by atomic mass is 9.92. The van der Waals surface area contributed by atoms with Crippen LogP contribution in [0.2, 0.25) is 0 Å². The molecular weight excluding hydrogens is 402 g/mol. The Labute approximate surface area is 181 Å². The van der Waals surface area contributed by atoms with Crippen LogP contribution < -0.4 is 4.74 Å². The van der Waals surface area contributed by atoms with Crippen LogP contribution in [0.25, 0.3) is 10.2 Å². The molecule has 1 atom stereocenters. The third-order valence-corrected chi connectivity index (χ3v) is 7.24. The monoisotopic (exact) mass is 433 g/mol. The zero-order valence-corrected chi connectivity index (χ0v) is 19.0. The summed E-state index contributed by atoms with van der Waals surface area (Å²) in [5.41, 5.74) is 0.698. The standard InChI is InChI=1S/C22H31N3O4S/c1-22(2,3)29-21(27)25(4)14-6-8-15(9-7-14)28-19-18-17-13(11-26)5-10-16(17)30-20(18)24-12-23-19/h12-15,26H,5-11H2,1-4H3. The molecule has 1 saturated carbocycles. The second-order valence-electron chi connectivity index (χ2n) is 9.36. The van der Waals surface area contributed by atoms with Gasteiger partial charge in [-0.1, -0.05) is 0 Å². The Bertz CT molecular complexity index is 915. The van der Waals surface area contributed by atoms with Crippen LogP contribution in [-0.2, 0) is 11.2 Å². The number of thiophene rings is 1. The largest absolute Gasteiger partial charge is 0.474 e. The van der Waals surface area contributed by atoms with E-state index in [1.807, 2.05) is 27.8 Å². The number of carbonyl (C=O) groups excluding carboxylic acids is 1. The molecule has 0 aliphatic heterocycles. The van der Waals surface area contributed by atoms with Crippen molar-refractivity contribution >= 4 is 27.6 Å². The van der Waals surface area contributed by atoms with Crippen molar-refractivity contribution in [1.82, 2.24) is 14.9 Å². The van der Waals surface area contributed by atoms with Gasteiger partial charge in [0.15, 0.2) is 0 Å². The number of aliphatic hydroxyl groups excluding tert-OH is 1. The SMILES string of the molecule is CN(C(=O)OC(C)(C)C)C1CCC(Oc2ncnc3sc4c(c23)C(CO)CC4)CC1. The van der Waals surface area contributed by atoms with Gasteiger partial charge < -0.3 is 19.5 Å². The number of nitrogens with zero attached hydrogens (tertiary/aromatic N) is 3. The van der Waals surface area contributed by atoms with Crippen molar-refractivity contribution in [3.8, 4) is 5.88 Å². The highest BCUT2D eigenvalue weighted by Crippen LogP contribution is 2.46. The molecule has 0 saturated heterocycles. The number of aliphatic hydroxyl groups is 1. The maximum atomic E-state index is 12.4. The molecule has 164 valence electrons. The van der Waals surface area contributed by atoms with E-state index in [0.29, 0.717) is 5.88 Å². The molecule has 8 heteroatoms. The predicted octanol–water partition coefficient (Wildman–Crippen LogP) is 4.27. The lowest BCUT2D eigenvalue weighted by Gasteiger charge is -2.35. The molecule has 1 unspecified atom stereocenters. The molecule has 2 aliphatic rings. The average Bonchev–Trinajstić information content (AvgIpc) is 3.26. The normalized spacial score (nSPS) is 24.0. The van der Waals surface area contributed by atoms with E-state index in [2.05, 4.69) is 9.97 Å². The Kier molecular flexibility index (Phi) is 5.90. The predicted molar refractivity (Wildman–Crippen MR) is 116 cm³/mol. The van der Waals surface area contributed by atoms with Crippen LogP contribution in [0, 0.1) is 0 Å². The fourth-order valence-corrected chi connectivity index (χ4v) is 5.73. The number of amides is 1. The minimum Gasteiger partial charge on any atom is -0.474 e. The van der Waals surface area contributed by atoms with Crippen LogP contribution in [0.3, 0.4) is 0 Å². The highest BCUT2D eigenvalue weighted by molar-refractivity contribution is 7.19. The van der Waals surface area contributed by atoms with Gasteiger partial charge >= 0.3 is 6.09 Å². The molecule has 0 radical (unpaired) electrons. The second-order valence-corrected chi connectivity index (χ2v) is 10.4. The van der Waals surface area contributed by atoms with E-state index < -0.39 is 5.60 Å². The third kappa shape index (κ3) is 4.25. The molecule has 1 amide bonds. The maximum absolute atomic E-state index is 12.4. The van der Waals surface area contributed by atoms with Gasteiger partial charge in [-0.3, -0.25) is 0 Å². The lowest BCUT2D eigenvalue weighted by Crippen LogP contribution is -2.43. The highest BCUT2D eigenvalue weighted by atomic mass is 32.1. The number of hydrogen-bond donors (Lipinski definition) is 1. The summed E-state index contributed by atoms with van der Waals surface area (Å²) in [6, 6.07) is 0.161. The average molecular weight is 434 g/mol. The fourth-order valence-electron chi connectivity index (χ4n) is 4.50. The molecule has 4 rings (SSSR count). The van der Waals surface area contributed by atoms with E-state index in [9.17, 15) is 9.90 Å². The Morgan fingerprint density at radius 1 is 1.23 bits per heavy atom. The first-order chi connectivity index (χ1) is 14.3. The Morgan fingerprint density at radius 2 is 1.97 bits per heavy atom. The van der Waals surface area contributed by atoms with Crippen molar-refractivity contribution in [3.63, 3.8) is 0 Å². The molecule has 0 bridgehead atoms. The quantitative estimate of drug-likeness (QED) is 0.775. The van der Waals surface area contributed by atoms with Crippen LogP contribution in [0.4, 0.5) is 4.79 Å². The van der Waals surface area contributed by atoms with E-state index >= 15 is 0 Å². The summed E-state index contributed by atoms with van der Waals surface area (Å²) in [7, 11) is 1.82. The molecule has 2 aromatic rings. The second kappa shape index (κ2) is 8.30. The van der Waals surface area contributed by atoms with Gasteiger partial charge in [0.25, 0.3) is 0 Å². The summed E-state index contributed by atoms with van der Waals surface area (Å²) in [6.07, 6.45) is 6.79. The number of hydrogen-bond acceptors (Lipinski definition) is 7. The molecule has 0 spiro atoms. The fraction of sp³-hybridized carbons (Fsp3) is 0.682. The Morgan fingerprint density at radius 3 is 2.63 bits per heavy atom. The number of fused-ring (bicyclic) bond motifs is 3. The molecule has 1 N–H and O–H groups in total. The van der Waals surface area contributed by atoms with Crippen LogP contribution in [0.15, 0.2) is 6.33 Å². The Balaban J connectivity index is 1.43. The summed E-state index contributed by atoms with van der Waals surface area (Å²) >= 11 is 1.69. The molecule has 2 aliphatic carbocycles. The van der Waals surface area contributed by atoms with Gasteiger partial charge in [0.2, 0.25) is 5.88 Å². The first-order valence-electron chi connectivity index (χ1n) is 10.8. The summed E-state index contributed by atoms with van der Waals surface area (Å²) in [6.45, 7) is 5.80. The minimum atomic E-state index is -0.489. The van der Waals surface area contributed by atoms with Gasteiger partial charge in [0.1, 0.15) is 22.9 Å². The van der Waals surface area contributed by atoms with E-state index in [1.165, 1.54) is 10.4 Å². The van der Waals surface area contributed by atoms with Gasteiger partial charge in [-0.15, -0.1) is 11.3 Å². The smallest absolute Gasteiger partial charge is 0.410 e. The molecule has 30 heavy (non-hydrogen) atoms. The van der Waals surface area contributed by atoms with Gasteiger partial charge in [0.05, 0.1) is 12.0 Å². The molecule has 1 fully saturated rings. The van der Waals surface area contributed by atoms with Crippen molar-refractivity contribution in [1.29, 1.82) is 0 Å². The van der Waals surface area contributed by atoms with Gasteiger partial charge in [-0.2, -0.15) is 0 Å². The minimum absolute atomic E-state index is 0.0657. The third-order valence-electron chi connectivity index (χ3n) is 6.07. The zero-order valence-electron chi connectivity index (χ0n) is 18.2. The van der Waals surface area contributed by atoms with Gasteiger partial charge in [0, 0.05) is 23.9 Å². The van der Waals surface area contributed by atoms with Crippen LogP contribution in [0.5, 0.6) is 5.88 Å². The van der Waals surface area contributed by atoms with E-state index in [1.54, 1.807) is 22.6 Å². The Hall–Kier alpha value is -1.93. The summed E-state index contributed by atoms with van der Waals surface area (Å²) in [5, 5.41) is 10.8. The van der Waals surface area contributed by atoms with E-state index in [4.69, 9.17) is 9.47 Å². The van der Waals surface area contributed by atoms with Crippen molar-refractivity contribution in [2.24, 2.45) is 0 Å². The highest BCUT2D eigenvalue weighted by Gasteiger charge is 2.33. The zero-order chi connectivity index (χ0) is 21.5. The first-order valence-corrected chi connectivity index (χ1v) is 11.6. The summed E-state index contributed by atoms with van der Waals surface area (Å²) in [5.74, 6) is 0.794. The molecule has 7 nitrogen and oxygen atoms in total. The number of carbonyl (C=O) groups is 1. The number of aromatic nitrogens is 2. The number of rotatable bonds is 4.